The molecule has 0 aliphatic carbocycles. The van der Waals surface area contributed by atoms with E-state index in [9.17, 15) is 18.0 Å². The molecule has 0 bridgehead atoms. The molecule has 0 aliphatic rings. The average Bonchev–Trinajstić information content (AvgIpc) is 2.91. The monoisotopic (exact) mass is 300 g/mol. The number of aromatic amines is 1. The number of nitrogens with one attached hydrogen (secondary N) is 2. The minimum atomic E-state index is -3.06. The largest absolute Gasteiger partial charge is 0.435 e. The second-order valence-electron chi connectivity index (χ2n) is 4.09. The van der Waals surface area contributed by atoms with Gasteiger partial charge in [-0.25, -0.2) is 9.37 Å². The van der Waals surface area contributed by atoms with Gasteiger partial charge < -0.3 is 10.1 Å². The van der Waals surface area contributed by atoms with E-state index in [0.717, 1.165) is 18.2 Å². The van der Waals surface area contributed by atoms with Gasteiger partial charge in [-0.3, -0.25) is 9.89 Å². The normalized spacial score (nSPS) is 12.2. The Balaban J connectivity index is 2.09. The zero-order valence-electron chi connectivity index (χ0n) is 10.8. The molecule has 1 aromatic carbocycles. The molecule has 21 heavy (non-hydrogen) atoms. The van der Waals surface area contributed by atoms with Crippen LogP contribution < -0.4 is 10.1 Å². The van der Waals surface area contributed by atoms with E-state index >= 15 is 0 Å². The van der Waals surface area contributed by atoms with Gasteiger partial charge >= 0.3 is 6.61 Å². The van der Waals surface area contributed by atoms with Crippen molar-refractivity contribution in [3.63, 3.8) is 0 Å². The number of benzene rings is 1. The third-order valence-corrected chi connectivity index (χ3v) is 2.60. The van der Waals surface area contributed by atoms with Gasteiger partial charge in [-0.1, -0.05) is 0 Å². The van der Waals surface area contributed by atoms with E-state index in [2.05, 4.69) is 25.2 Å². The SMILES string of the molecule is CC(NC(=O)c1ccc(OC(F)F)cc1F)c1ncn[nH]1. The summed E-state index contributed by atoms with van der Waals surface area (Å²) in [6.07, 6.45) is 1.27. The standard InChI is InChI=1S/C12H11F3N4O2/c1-6(10-16-5-17-19-10)18-11(20)8-3-2-7(4-9(8)13)21-12(14)15/h2-6,12H,1H3,(H,18,20)(H,16,17,19). The van der Waals surface area contributed by atoms with Crippen LogP contribution in [-0.2, 0) is 0 Å². The molecule has 1 atom stereocenters. The first-order chi connectivity index (χ1) is 9.97. The van der Waals surface area contributed by atoms with Gasteiger partial charge in [0, 0.05) is 6.07 Å². The van der Waals surface area contributed by atoms with E-state index in [1.807, 2.05) is 0 Å². The van der Waals surface area contributed by atoms with Gasteiger partial charge in [0.1, 0.15) is 23.7 Å². The van der Waals surface area contributed by atoms with Crippen LogP contribution in [0.15, 0.2) is 24.5 Å². The van der Waals surface area contributed by atoms with Gasteiger partial charge in [-0.15, -0.1) is 0 Å². The molecule has 0 saturated carbocycles. The van der Waals surface area contributed by atoms with Crippen molar-refractivity contribution in [1.82, 2.24) is 20.5 Å². The average molecular weight is 300 g/mol. The predicted molar refractivity (Wildman–Crippen MR) is 65.3 cm³/mol. The number of hydrogen-bond acceptors (Lipinski definition) is 4. The molecule has 1 heterocycles. The molecule has 1 amide bonds. The summed E-state index contributed by atoms with van der Waals surface area (Å²) >= 11 is 0. The van der Waals surface area contributed by atoms with Crippen LogP contribution in [0, 0.1) is 5.82 Å². The number of aromatic nitrogens is 3. The van der Waals surface area contributed by atoms with Crippen LogP contribution in [-0.4, -0.2) is 27.7 Å². The number of amides is 1. The van der Waals surface area contributed by atoms with Crippen molar-refractivity contribution in [2.75, 3.05) is 0 Å². The summed E-state index contributed by atoms with van der Waals surface area (Å²) in [7, 11) is 0. The van der Waals surface area contributed by atoms with Crippen molar-refractivity contribution >= 4 is 5.91 Å². The van der Waals surface area contributed by atoms with Crippen molar-refractivity contribution in [3.05, 3.63) is 41.7 Å². The number of halogens is 3. The molecule has 1 aromatic heterocycles. The van der Waals surface area contributed by atoms with E-state index in [4.69, 9.17) is 0 Å². The topological polar surface area (TPSA) is 79.9 Å². The first kappa shape index (κ1) is 14.8. The van der Waals surface area contributed by atoms with Crippen LogP contribution in [0.5, 0.6) is 5.75 Å². The number of nitrogens with zero attached hydrogens (tertiary/aromatic N) is 2. The molecule has 0 saturated heterocycles. The van der Waals surface area contributed by atoms with Crippen LogP contribution in [0.4, 0.5) is 13.2 Å². The molecule has 2 aromatic rings. The Bertz CT molecular complexity index is 619. The van der Waals surface area contributed by atoms with Gasteiger partial charge in [0.15, 0.2) is 0 Å². The molecule has 112 valence electrons. The Hall–Kier alpha value is -2.58. The highest BCUT2D eigenvalue weighted by Gasteiger charge is 2.17. The number of rotatable bonds is 5. The van der Waals surface area contributed by atoms with Crippen LogP contribution in [0.1, 0.15) is 29.1 Å². The van der Waals surface area contributed by atoms with E-state index in [0.29, 0.717) is 5.82 Å². The lowest BCUT2D eigenvalue weighted by Crippen LogP contribution is -2.28. The van der Waals surface area contributed by atoms with Gasteiger partial charge in [0.05, 0.1) is 11.6 Å². The summed E-state index contributed by atoms with van der Waals surface area (Å²) in [5.41, 5.74) is -0.289. The van der Waals surface area contributed by atoms with Crippen molar-refractivity contribution in [1.29, 1.82) is 0 Å². The molecular formula is C12H11F3N4O2. The Labute approximate surface area is 117 Å². The Morgan fingerprint density at radius 1 is 1.43 bits per heavy atom. The van der Waals surface area contributed by atoms with E-state index in [1.54, 1.807) is 6.92 Å². The van der Waals surface area contributed by atoms with Crippen LogP contribution in [0.25, 0.3) is 0 Å². The van der Waals surface area contributed by atoms with Gasteiger partial charge in [-0.05, 0) is 19.1 Å². The maximum atomic E-state index is 13.7. The minimum Gasteiger partial charge on any atom is -0.435 e. The Morgan fingerprint density at radius 2 is 2.19 bits per heavy atom. The quantitative estimate of drug-likeness (QED) is 0.885. The molecule has 2 rings (SSSR count). The molecule has 0 fully saturated rings. The first-order valence-electron chi connectivity index (χ1n) is 5.88. The summed E-state index contributed by atoms with van der Waals surface area (Å²) in [5, 5.41) is 8.70. The minimum absolute atomic E-state index is 0.289. The molecule has 1 unspecified atom stereocenters. The van der Waals surface area contributed by atoms with Crippen molar-refractivity contribution in [2.45, 2.75) is 19.6 Å². The summed E-state index contributed by atoms with van der Waals surface area (Å²) in [5.74, 6) is -1.63. The highest BCUT2D eigenvalue weighted by molar-refractivity contribution is 5.94. The molecule has 0 radical (unpaired) electrons. The summed E-state index contributed by atoms with van der Waals surface area (Å²) in [4.78, 5) is 15.8. The Kier molecular flexibility index (Phi) is 4.41. The summed E-state index contributed by atoms with van der Waals surface area (Å²) in [6, 6.07) is 2.36. The number of carbonyl (C=O) groups is 1. The van der Waals surface area contributed by atoms with Crippen molar-refractivity contribution in [2.24, 2.45) is 0 Å². The summed E-state index contributed by atoms with van der Waals surface area (Å²) < 4.78 is 41.8. The maximum absolute atomic E-state index is 13.7. The number of carbonyl (C=O) groups excluding carboxylic acids is 1. The van der Waals surface area contributed by atoms with E-state index in [-0.39, 0.29) is 11.3 Å². The highest BCUT2D eigenvalue weighted by atomic mass is 19.3. The lowest BCUT2D eigenvalue weighted by Gasteiger charge is -2.12. The van der Waals surface area contributed by atoms with Gasteiger partial charge in [0.2, 0.25) is 0 Å². The number of alkyl halides is 2. The zero-order valence-corrected chi connectivity index (χ0v) is 10.8. The third-order valence-electron chi connectivity index (χ3n) is 2.60. The van der Waals surface area contributed by atoms with E-state index < -0.39 is 24.4 Å². The zero-order chi connectivity index (χ0) is 15.4. The number of hydrogen-bond donors (Lipinski definition) is 2. The second kappa shape index (κ2) is 6.25. The van der Waals surface area contributed by atoms with E-state index in [1.165, 1.54) is 6.33 Å². The molecule has 2 N–H and O–H groups in total. The lowest BCUT2D eigenvalue weighted by atomic mass is 10.1. The molecule has 0 aliphatic heterocycles. The molecule has 6 nitrogen and oxygen atoms in total. The molecule has 9 heteroatoms. The fraction of sp³-hybridized carbons (Fsp3) is 0.250. The number of ether oxygens (including phenoxy) is 1. The van der Waals surface area contributed by atoms with Crippen LogP contribution in [0.2, 0.25) is 0 Å². The maximum Gasteiger partial charge on any atom is 0.387 e. The molecule has 0 spiro atoms. The first-order valence-corrected chi connectivity index (χ1v) is 5.88. The van der Waals surface area contributed by atoms with Crippen LogP contribution >= 0.6 is 0 Å². The third kappa shape index (κ3) is 3.71. The van der Waals surface area contributed by atoms with Gasteiger partial charge in [-0.2, -0.15) is 13.9 Å². The van der Waals surface area contributed by atoms with Crippen molar-refractivity contribution < 1.29 is 22.7 Å². The fourth-order valence-corrected chi connectivity index (χ4v) is 1.62. The Morgan fingerprint density at radius 3 is 2.76 bits per heavy atom. The van der Waals surface area contributed by atoms with Gasteiger partial charge in [0.25, 0.3) is 5.91 Å². The molecular weight excluding hydrogens is 289 g/mol. The highest BCUT2D eigenvalue weighted by Crippen LogP contribution is 2.19. The van der Waals surface area contributed by atoms with Crippen molar-refractivity contribution in [3.8, 4) is 5.75 Å². The predicted octanol–water partition coefficient (Wildman–Crippen LogP) is 2.04. The summed E-state index contributed by atoms with van der Waals surface area (Å²) in [6.45, 7) is -1.43. The number of H-pyrrole nitrogens is 1. The fourth-order valence-electron chi connectivity index (χ4n) is 1.62. The lowest BCUT2D eigenvalue weighted by molar-refractivity contribution is -0.0499. The second-order valence-corrected chi connectivity index (χ2v) is 4.09. The van der Waals surface area contributed by atoms with Crippen LogP contribution in [0.3, 0.4) is 0 Å². The smallest absolute Gasteiger partial charge is 0.387 e.